The number of unbranched alkanes of at least 4 members (excludes halogenated alkanes) is 4. The van der Waals surface area contributed by atoms with Gasteiger partial charge in [0.2, 0.25) is 5.91 Å². The van der Waals surface area contributed by atoms with Crippen molar-refractivity contribution in [3.8, 4) is 0 Å². The van der Waals surface area contributed by atoms with Crippen LogP contribution in [0.2, 0.25) is 0 Å². The molecule has 334 valence electrons. The lowest BCUT2D eigenvalue weighted by molar-refractivity contribution is -0.390. The van der Waals surface area contributed by atoms with Crippen LogP contribution in [0.25, 0.3) is 0 Å². The second kappa shape index (κ2) is 27.6. The van der Waals surface area contributed by atoms with Crippen LogP contribution in [0.15, 0.2) is 48.6 Å². The molecule has 3 rings (SSSR count). The van der Waals surface area contributed by atoms with E-state index in [-0.39, 0.29) is 31.9 Å². The van der Waals surface area contributed by atoms with Crippen LogP contribution in [-0.4, -0.2) is 170 Å². The van der Waals surface area contributed by atoms with E-state index in [2.05, 4.69) is 54.8 Å². The van der Waals surface area contributed by atoms with Crippen molar-refractivity contribution in [2.75, 3.05) is 26.4 Å². The Morgan fingerprint density at radius 3 is 1.55 bits per heavy atom. The molecule has 17 nitrogen and oxygen atoms in total. The quantitative estimate of drug-likeness (QED) is 0.0433. The number of hydrogen-bond donors (Lipinski definition) is 10. The number of nitrogens with one attached hydrogen (secondary N) is 1. The average Bonchev–Trinajstić information content (AvgIpc) is 3.22. The van der Waals surface area contributed by atoms with Gasteiger partial charge in [-0.3, -0.25) is 4.79 Å². The third-order valence-electron chi connectivity index (χ3n) is 10.2. The molecule has 3 saturated heterocycles. The van der Waals surface area contributed by atoms with Crippen molar-refractivity contribution in [1.29, 1.82) is 0 Å². The van der Waals surface area contributed by atoms with Gasteiger partial charge < -0.3 is 79.7 Å². The minimum absolute atomic E-state index is 0.0490. The molecular formula is C41H69NO16. The van der Waals surface area contributed by atoms with Crippen LogP contribution in [0.3, 0.4) is 0 Å². The zero-order valence-corrected chi connectivity index (χ0v) is 33.8. The predicted octanol–water partition coefficient (Wildman–Crippen LogP) is 0.131. The highest BCUT2D eigenvalue weighted by Gasteiger charge is 2.54. The van der Waals surface area contributed by atoms with E-state index in [4.69, 9.17) is 28.4 Å². The minimum Gasteiger partial charge on any atom is -0.394 e. The van der Waals surface area contributed by atoms with Gasteiger partial charge in [-0.15, -0.1) is 0 Å². The van der Waals surface area contributed by atoms with Gasteiger partial charge in [0, 0.05) is 13.0 Å². The molecule has 10 N–H and O–H groups in total. The summed E-state index contributed by atoms with van der Waals surface area (Å²) in [6.07, 6.45) is 2.79. The second-order valence-electron chi connectivity index (χ2n) is 14.7. The fourth-order valence-electron chi connectivity index (χ4n) is 6.73. The normalized spacial score (nSPS) is 36.2. The molecule has 0 aromatic heterocycles. The number of amides is 1. The van der Waals surface area contributed by atoms with Gasteiger partial charge in [0.1, 0.15) is 67.1 Å². The molecule has 3 fully saturated rings. The first kappa shape index (κ1) is 50.2. The van der Waals surface area contributed by atoms with Gasteiger partial charge in [-0.05, 0) is 51.4 Å². The van der Waals surface area contributed by atoms with Gasteiger partial charge in [0.15, 0.2) is 18.9 Å². The molecule has 0 saturated carbocycles. The highest BCUT2D eigenvalue weighted by Crippen LogP contribution is 2.34. The summed E-state index contributed by atoms with van der Waals surface area (Å²) in [6.45, 7) is 2.34. The zero-order valence-electron chi connectivity index (χ0n) is 33.8. The van der Waals surface area contributed by atoms with E-state index in [0.29, 0.717) is 6.42 Å². The molecule has 3 heterocycles. The summed E-state index contributed by atoms with van der Waals surface area (Å²) in [5.74, 6) is -0.205. The van der Waals surface area contributed by atoms with Crippen LogP contribution < -0.4 is 5.32 Å². The molecule has 58 heavy (non-hydrogen) atoms. The molecule has 0 unspecified atom stereocenters. The van der Waals surface area contributed by atoms with E-state index in [9.17, 15) is 50.8 Å². The fraction of sp³-hybridized carbons (Fsp3) is 0.780. The SMILES string of the molecule is CCCCC/C=C\C/C=C\C/C=C\C/C=C\CCCC(=O)NCCO[C@@H]1O[C@H](CC)[C@@H](O)[C@H](O[C@@H]2O[C@H](CO)[C@@H](O)[C@H](O)[C@H]2O)[C@H]1O[C@@H]1O[C@H](CO)[C@@H](O)[C@H](O)[C@H]1O. The molecule has 3 aliphatic heterocycles. The van der Waals surface area contributed by atoms with Gasteiger partial charge in [-0.2, -0.15) is 0 Å². The first-order valence-electron chi connectivity index (χ1n) is 20.7. The summed E-state index contributed by atoms with van der Waals surface area (Å²) < 4.78 is 34.9. The number of aliphatic hydroxyl groups is 9. The number of aliphatic hydroxyl groups excluding tert-OH is 9. The van der Waals surface area contributed by atoms with Gasteiger partial charge in [-0.1, -0.05) is 75.3 Å². The second-order valence-corrected chi connectivity index (χ2v) is 14.7. The molecule has 0 radical (unpaired) electrons. The number of allylic oxidation sites excluding steroid dienone is 8. The van der Waals surface area contributed by atoms with Gasteiger partial charge in [0.25, 0.3) is 0 Å². The molecule has 0 bridgehead atoms. The van der Waals surface area contributed by atoms with E-state index >= 15 is 0 Å². The highest BCUT2D eigenvalue weighted by molar-refractivity contribution is 5.75. The Morgan fingerprint density at radius 2 is 1.05 bits per heavy atom. The van der Waals surface area contributed by atoms with Crippen molar-refractivity contribution < 1.29 is 79.2 Å². The van der Waals surface area contributed by atoms with Crippen LogP contribution >= 0.6 is 0 Å². The fourth-order valence-corrected chi connectivity index (χ4v) is 6.73. The molecule has 15 atom stereocenters. The smallest absolute Gasteiger partial charge is 0.220 e. The third-order valence-corrected chi connectivity index (χ3v) is 10.2. The van der Waals surface area contributed by atoms with Crippen molar-refractivity contribution in [2.24, 2.45) is 0 Å². The van der Waals surface area contributed by atoms with E-state index in [1.807, 2.05) is 6.08 Å². The van der Waals surface area contributed by atoms with Gasteiger partial charge in [-0.25, -0.2) is 0 Å². The molecule has 3 aliphatic rings. The summed E-state index contributed by atoms with van der Waals surface area (Å²) in [6, 6.07) is 0. The van der Waals surface area contributed by atoms with Gasteiger partial charge >= 0.3 is 0 Å². The van der Waals surface area contributed by atoms with Crippen molar-refractivity contribution in [2.45, 2.75) is 177 Å². The third kappa shape index (κ3) is 15.7. The Morgan fingerprint density at radius 1 is 0.569 bits per heavy atom. The Balaban J connectivity index is 1.53. The van der Waals surface area contributed by atoms with E-state index < -0.39 is 105 Å². The standard InChI is InChI=1S/C41H69NO16/c1-3-5-6-7-8-9-10-11-12-13-14-15-16-17-18-19-20-21-29(45)42-22-23-53-41-38(58-40-36(52)34(50)31(47)28(25-44)56-40)37(32(48)26(4-2)54-41)57-39-35(51)33(49)30(46)27(24-43)55-39/h8-9,11-12,14-15,17-18,26-28,30-41,43-44,46-52H,3-7,10,13,16,19-25H2,1-2H3,(H,42,45)/b9-8-,12-11-,15-14-,18-17-/t26-,27-,28-,30-,31-,32-,33+,34+,35-,36-,37+,38-,39+,40+,41-/m1/s1. The van der Waals surface area contributed by atoms with Crippen LogP contribution in [0.4, 0.5) is 0 Å². The van der Waals surface area contributed by atoms with Crippen molar-refractivity contribution >= 4 is 5.91 Å². The summed E-state index contributed by atoms with van der Waals surface area (Å²) in [7, 11) is 0. The Hall–Kier alpha value is -2.17. The highest BCUT2D eigenvalue weighted by atomic mass is 16.8. The largest absolute Gasteiger partial charge is 0.394 e. The first-order chi connectivity index (χ1) is 28.0. The van der Waals surface area contributed by atoms with E-state index in [0.717, 1.165) is 32.1 Å². The minimum atomic E-state index is -1.86. The van der Waals surface area contributed by atoms with Gasteiger partial charge in [0.05, 0.1) is 25.9 Å². The average molecular weight is 832 g/mol. The monoisotopic (exact) mass is 831 g/mol. The zero-order chi connectivity index (χ0) is 42.5. The molecule has 0 aliphatic carbocycles. The Kier molecular flexibility index (Phi) is 23.9. The van der Waals surface area contributed by atoms with E-state index in [1.54, 1.807) is 6.92 Å². The van der Waals surface area contributed by atoms with Crippen molar-refractivity contribution in [3.63, 3.8) is 0 Å². The summed E-state index contributed by atoms with van der Waals surface area (Å²) in [4.78, 5) is 12.6. The molecule has 17 heteroatoms. The molecule has 1 amide bonds. The first-order valence-corrected chi connectivity index (χ1v) is 20.7. The topological polar surface area (TPSA) is 267 Å². The number of hydrogen-bond acceptors (Lipinski definition) is 16. The molecular weight excluding hydrogens is 762 g/mol. The maximum atomic E-state index is 12.6. The summed E-state index contributed by atoms with van der Waals surface area (Å²) in [5, 5.41) is 96.2. The summed E-state index contributed by atoms with van der Waals surface area (Å²) >= 11 is 0. The number of carbonyl (C=O) groups excluding carboxylic acids is 1. The lowest BCUT2D eigenvalue weighted by atomic mass is 9.95. The maximum absolute atomic E-state index is 12.6. The Labute approximate surface area is 341 Å². The maximum Gasteiger partial charge on any atom is 0.220 e. The summed E-state index contributed by atoms with van der Waals surface area (Å²) in [5.41, 5.74) is 0. The lowest BCUT2D eigenvalue weighted by Crippen LogP contribution is -2.67. The Bertz CT molecular complexity index is 1250. The number of rotatable bonds is 25. The van der Waals surface area contributed by atoms with E-state index in [1.165, 1.54) is 19.3 Å². The van der Waals surface area contributed by atoms with Crippen LogP contribution in [-0.2, 0) is 33.2 Å². The van der Waals surface area contributed by atoms with Crippen LogP contribution in [0, 0.1) is 0 Å². The van der Waals surface area contributed by atoms with Crippen molar-refractivity contribution in [3.05, 3.63) is 48.6 Å². The molecule has 0 aromatic carbocycles. The predicted molar refractivity (Wildman–Crippen MR) is 210 cm³/mol. The number of ether oxygens (including phenoxy) is 6. The molecule has 0 spiro atoms. The van der Waals surface area contributed by atoms with Crippen LogP contribution in [0.5, 0.6) is 0 Å². The number of carbonyl (C=O) groups is 1. The van der Waals surface area contributed by atoms with Crippen molar-refractivity contribution in [1.82, 2.24) is 5.32 Å². The molecule has 0 aromatic rings. The lowest BCUT2D eigenvalue weighted by Gasteiger charge is -2.49. The van der Waals surface area contributed by atoms with Crippen LogP contribution in [0.1, 0.15) is 84.5 Å².